The van der Waals surface area contributed by atoms with Crippen LogP contribution in [0.2, 0.25) is 0 Å². The Labute approximate surface area is 311 Å². The molecule has 0 aromatic carbocycles. The Balaban J connectivity index is 0.000000739. The Morgan fingerprint density at radius 1 is 0.680 bits per heavy atom. The average Bonchev–Trinajstić information content (AvgIpc) is 3.98. The fraction of sp³-hybridized carbons (Fsp3) is 0.625. The van der Waals surface area contributed by atoms with Crippen molar-refractivity contribution in [2.75, 3.05) is 26.3 Å². The molecule has 10 heteroatoms. The van der Waals surface area contributed by atoms with Gasteiger partial charge in [0.2, 0.25) is 0 Å². The molecule has 3 N–H and O–H groups in total. The summed E-state index contributed by atoms with van der Waals surface area (Å²) in [5, 5.41) is 7.24. The maximum atomic E-state index is 4.95. The van der Waals surface area contributed by atoms with E-state index in [2.05, 4.69) is 64.4 Å². The molecule has 0 spiro atoms. The van der Waals surface area contributed by atoms with Gasteiger partial charge in [0.1, 0.15) is 0 Å². The van der Waals surface area contributed by atoms with Crippen LogP contribution in [-0.4, -0.2) is 72.4 Å². The Kier molecular flexibility index (Phi) is 17.8. The van der Waals surface area contributed by atoms with Gasteiger partial charge in [-0.1, -0.05) is 69.9 Å². The summed E-state index contributed by atoms with van der Waals surface area (Å²) >= 11 is 0. The zero-order chi connectivity index (χ0) is 32.6. The Hall–Kier alpha value is -2.75. The van der Waals surface area contributed by atoms with Crippen LogP contribution >= 0.6 is 0 Å². The van der Waals surface area contributed by atoms with E-state index in [9.17, 15) is 0 Å². The molecule has 3 aliphatic carbocycles. The van der Waals surface area contributed by atoms with Gasteiger partial charge in [-0.3, -0.25) is 19.9 Å². The molecule has 3 saturated carbocycles. The topological polar surface area (TPSA) is 118 Å². The van der Waals surface area contributed by atoms with E-state index in [4.69, 9.17) is 24.7 Å². The van der Waals surface area contributed by atoms with Gasteiger partial charge in [0.05, 0.1) is 22.8 Å². The molecule has 0 bridgehead atoms. The smallest absolute Gasteiger partial charge is 0.870 e. The minimum atomic E-state index is 0. The predicted molar refractivity (Wildman–Crippen MR) is 201 cm³/mol. The van der Waals surface area contributed by atoms with E-state index in [0.29, 0.717) is 18.1 Å². The third-order valence-electron chi connectivity index (χ3n) is 10.3. The fourth-order valence-electron chi connectivity index (χ4n) is 7.48. The van der Waals surface area contributed by atoms with Crippen LogP contribution in [0.1, 0.15) is 121 Å². The van der Waals surface area contributed by atoms with E-state index in [1.165, 1.54) is 109 Å². The van der Waals surface area contributed by atoms with Crippen molar-refractivity contribution in [2.24, 2.45) is 15.0 Å². The summed E-state index contributed by atoms with van der Waals surface area (Å²) in [6.45, 7) is 4.25. The first kappa shape index (κ1) is 40.0. The first-order valence-corrected chi connectivity index (χ1v) is 19.1. The van der Waals surface area contributed by atoms with E-state index in [1.54, 1.807) is 0 Å². The second-order valence-electron chi connectivity index (χ2n) is 14.4. The van der Waals surface area contributed by atoms with Crippen molar-refractivity contribution in [1.82, 2.24) is 20.5 Å². The van der Waals surface area contributed by atoms with Gasteiger partial charge in [-0.25, -0.2) is 0 Å². The van der Waals surface area contributed by atoms with Crippen LogP contribution in [0.4, 0.5) is 0 Å². The van der Waals surface area contributed by atoms with Crippen LogP contribution in [-0.2, 0) is 28.4 Å². The molecule has 1 saturated heterocycles. The second-order valence-corrected chi connectivity index (χ2v) is 14.4. The molecule has 273 valence electrons. The van der Waals surface area contributed by atoms with Crippen molar-refractivity contribution >= 4 is 17.6 Å². The van der Waals surface area contributed by atoms with E-state index in [-0.39, 0.29) is 22.5 Å². The number of rotatable bonds is 12. The molecule has 3 aliphatic heterocycles. The second kappa shape index (κ2) is 22.2. The first-order chi connectivity index (χ1) is 23.7. The van der Waals surface area contributed by atoms with Crippen LogP contribution in [0.25, 0.3) is 0 Å². The van der Waals surface area contributed by atoms with Crippen molar-refractivity contribution in [3.05, 3.63) is 71.6 Å². The molecule has 50 heavy (non-hydrogen) atoms. The van der Waals surface area contributed by atoms with Gasteiger partial charge in [-0.2, -0.15) is 0 Å². The third kappa shape index (κ3) is 13.8. The van der Waals surface area contributed by atoms with Crippen molar-refractivity contribution in [3.8, 4) is 0 Å². The molecule has 4 fully saturated rings. The molecule has 9 nitrogen and oxygen atoms in total. The summed E-state index contributed by atoms with van der Waals surface area (Å²) in [6.07, 6.45) is 36.8. The van der Waals surface area contributed by atoms with E-state index >= 15 is 0 Å². The summed E-state index contributed by atoms with van der Waals surface area (Å²) < 4.78 is 4.94. The van der Waals surface area contributed by atoms with Crippen molar-refractivity contribution in [1.29, 1.82) is 0 Å². The predicted octanol–water partition coefficient (Wildman–Crippen LogP) is 7.36. The molecular formula is C40H59FeN7O2+. The van der Waals surface area contributed by atoms with Gasteiger partial charge in [-0.15, -0.1) is 11.4 Å². The average molecular weight is 726 g/mol. The minimum Gasteiger partial charge on any atom is -0.870 e. The fourth-order valence-corrected chi connectivity index (χ4v) is 7.48. The van der Waals surface area contributed by atoms with Crippen LogP contribution in [0.5, 0.6) is 0 Å². The van der Waals surface area contributed by atoms with E-state index in [0.717, 1.165) is 67.1 Å². The monoisotopic (exact) mass is 725 g/mol. The zero-order valence-electron chi connectivity index (χ0n) is 29.9. The minimum absolute atomic E-state index is 0. The molecule has 0 unspecified atom stereocenters. The Morgan fingerprint density at radius 2 is 1.20 bits per heavy atom. The van der Waals surface area contributed by atoms with E-state index in [1.807, 2.05) is 6.21 Å². The third-order valence-corrected chi connectivity index (χ3v) is 10.3. The largest absolute Gasteiger partial charge is 3.00 e. The van der Waals surface area contributed by atoms with Crippen molar-refractivity contribution in [2.45, 2.75) is 134 Å². The van der Waals surface area contributed by atoms with Crippen LogP contribution < -0.4 is 15.6 Å². The number of hydrogen-bond acceptors (Lipinski definition) is 8. The number of aliphatic imine (C=N–C) groups is 3. The molecule has 7 rings (SSSR count). The maximum Gasteiger partial charge on any atom is 3.00 e. The van der Waals surface area contributed by atoms with Gasteiger partial charge >= 0.3 is 17.1 Å². The van der Waals surface area contributed by atoms with Gasteiger partial charge in [-0.05, 0) is 75.7 Å². The van der Waals surface area contributed by atoms with Gasteiger partial charge < -0.3 is 25.8 Å². The molecule has 1 aromatic rings. The molecule has 1 radical (unpaired) electrons. The zero-order valence-corrected chi connectivity index (χ0v) is 31.0. The van der Waals surface area contributed by atoms with Crippen molar-refractivity contribution in [3.63, 3.8) is 0 Å². The van der Waals surface area contributed by atoms with Gasteiger partial charge in [0.25, 0.3) is 0 Å². The number of allylic oxidation sites excluding steroid dienone is 2. The SMILES string of the molecule is C1=C/C(=C/NC2CCCCC2)N=C1CN(CC1=N/C(=C\NC2CCCCC2)C=C1)Cc1ccc(C=NC2CCCCC2)[n-]1.C1CCOC1.[Fe+3].[OH-]. The quantitative estimate of drug-likeness (QED) is 0.172. The number of nitrogens with one attached hydrogen (secondary N) is 2. The first-order valence-electron chi connectivity index (χ1n) is 19.1. The summed E-state index contributed by atoms with van der Waals surface area (Å²) in [5.74, 6) is 0. The standard InChI is InChI=1S/C36H50N7.C4H8O.Fe.H2O/c1-4-10-28(11-5-1)37-22-31-16-19-34(40-31)25-43(26-35-20-17-32(41-35)23-38-29-12-6-2-7-13-29)27-36-21-18-33(42-36)24-39-30-14-8-3-9-15-30;1-2-4-5-3-1;;/h16-24,28-30,37-38H,1-15,25-27H2;1-4H2;;1H2/q-1;;+3;/p-1/b31-22-,32-23-,39-24?;;;. The Bertz CT molecular complexity index is 1280. The number of aromatic nitrogens is 1. The summed E-state index contributed by atoms with van der Waals surface area (Å²) in [7, 11) is 0. The summed E-state index contributed by atoms with van der Waals surface area (Å²) in [4.78, 5) is 22.1. The van der Waals surface area contributed by atoms with Crippen molar-refractivity contribution < 1.29 is 27.3 Å². The number of nitrogens with zero attached hydrogens (tertiary/aromatic N) is 5. The summed E-state index contributed by atoms with van der Waals surface area (Å²) in [6, 6.07) is 5.90. The molecule has 1 aromatic heterocycles. The molecule has 0 atom stereocenters. The molecule has 4 heterocycles. The van der Waals surface area contributed by atoms with Gasteiger partial charge in [0.15, 0.2) is 0 Å². The van der Waals surface area contributed by atoms with E-state index < -0.39 is 0 Å². The molecule has 0 amide bonds. The molecule has 6 aliphatic rings. The number of hydrogen-bond donors (Lipinski definition) is 2. The van der Waals surface area contributed by atoms with Crippen LogP contribution in [0.15, 0.2) is 75.2 Å². The normalized spacial score (nSPS) is 23.1. The van der Waals surface area contributed by atoms with Crippen LogP contribution in [0.3, 0.4) is 0 Å². The number of ether oxygens (including phenoxy) is 1. The van der Waals surface area contributed by atoms with Crippen LogP contribution in [0, 0.1) is 0 Å². The maximum absolute atomic E-state index is 4.95. The van der Waals surface area contributed by atoms with Gasteiger partial charge in [0, 0.05) is 69.6 Å². The molecular weight excluding hydrogens is 666 g/mol. The summed E-state index contributed by atoms with van der Waals surface area (Å²) in [5.41, 5.74) is 6.24. The Morgan fingerprint density at radius 3 is 1.70 bits per heavy atom.